The number of aromatic nitrogens is 3. The standard InChI is InChI=1S/C29H24FN5OS.BrH/c1-17-14-20(22(30)15-23(17)36)27-21(16-31)25(18-7-9-19(10-8-18)35-11-3-2-4-12-35)26-28(24-6-5-13-37-24)33-34-29(26)32-27;/h5-10,13-15,36H,2-4,11-12H2,1H3,(H,32,33,34);1H. The Morgan fingerprint density at radius 2 is 1.87 bits per heavy atom. The first kappa shape index (κ1) is 25.9. The summed E-state index contributed by atoms with van der Waals surface area (Å²) in [4.78, 5) is 8.02. The first-order valence-corrected chi connectivity index (χ1v) is 13.1. The van der Waals surface area contributed by atoms with Gasteiger partial charge in [0.1, 0.15) is 17.6 Å². The van der Waals surface area contributed by atoms with Gasteiger partial charge in [0.05, 0.1) is 27.2 Å². The zero-order valence-corrected chi connectivity index (χ0v) is 23.2. The molecule has 0 atom stereocenters. The smallest absolute Gasteiger partial charge is 0.182 e. The number of aryl methyl sites for hydroxylation is 1. The first-order chi connectivity index (χ1) is 18.0. The van der Waals surface area contributed by atoms with E-state index in [9.17, 15) is 10.4 Å². The van der Waals surface area contributed by atoms with E-state index in [0.717, 1.165) is 46.4 Å². The van der Waals surface area contributed by atoms with E-state index < -0.39 is 5.82 Å². The van der Waals surface area contributed by atoms with Crippen LogP contribution < -0.4 is 4.90 Å². The molecule has 0 amide bonds. The summed E-state index contributed by atoms with van der Waals surface area (Å²) in [5, 5.41) is 30.7. The van der Waals surface area contributed by atoms with Crippen molar-refractivity contribution in [3.05, 3.63) is 70.9 Å². The predicted octanol–water partition coefficient (Wildman–Crippen LogP) is 7.61. The number of piperidine rings is 1. The number of thiophene rings is 1. The molecule has 0 bridgehead atoms. The highest BCUT2D eigenvalue weighted by molar-refractivity contribution is 8.93. The van der Waals surface area contributed by atoms with Gasteiger partial charge in [-0.05, 0) is 67.0 Å². The summed E-state index contributed by atoms with van der Waals surface area (Å²) in [6.45, 7) is 3.76. The van der Waals surface area contributed by atoms with Crippen LogP contribution in [-0.4, -0.2) is 33.4 Å². The van der Waals surface area contributed by atoms with E-state index in [1.54, 1.807) is 18.3 Å². The number of hydrogen-bond donors (Lipinski definition) is 2. The van der Waals surface area contributed by atoms with Gasteiger partial charge in [0.15, 0.2) is 5.65 Å². The van der Waals surface area contributed by atoms with Crippen molar-refractivity contribution >= 4 is 45.0 Å². The van der Waals surface area contributed by atoms with Gasteiger partial charge in [-0.25, -0.2) is 9.37 Å². The lowest BCUT2D eigenvalue weighted by Gasteiger charge is -2.29. The molecule has 6 rings (SSSR count). The second-order valence-corrected chi connectivity index (χ2v) is 10.3. The van der Waals surface area contributed by atoms with Gasteiger partial charge in [0.2, 0.25) is 0 Å². The average molecular weight is 591 g/mol. The van der Waals surface area contributed by atoms with Crippen LogP contribution in [0.15, 0.2) is 53.9 Å². The number of H-pyrrole nitrogens is 1. The molecule has 5 aromatic rings. The quantitative estimate of drug-likeness (QED) is 0.225. The molecule has 0 aliphatic carbocycles. The van der Waals surface area contributed by atoms with Crippen molar-refractivity contribution in [1.29, 1.82) is 5.26 Å². The molecule has 38 heavy (non-hydrogen) atoms. The number of halogens is 2. The van der Waals surface area contributed by atoms with E-state index >= 15 is 4.39 Å². The zero-order valence-electron chi connectivity index (χ0n) is 20.7. The fourth-order valence-electron chi connectivity index (χ4n) is 5.09. The van der Waals surface area contributed by atoms with Gasteiger partial charge in [-0.1, -0.05) is 18.2 Å². The summed E-state index contributed by atoms with van der Waals surface area (Å²) >= 11 is 1.56. The molecule has 0 saturated carbocycles. The van der Waals surface area contributed by atoms with E-state index in [4.69, 9.17) is 0 Å². The lowest BCUT2D eigenvalue weighted by molar-refractivity contribution is 0.465. The van der Waals surface area contributed by atoms with Crippen molar-refractivity contribution in [2.45, 2.75) is 26.2 Å². The number of pyridine rings is 1. The second kappa shape index (κ2) is 10.6. The second-order valence-electron chi connectivity index (χ2n) is 9.31. The summed E-state index contributed by atoms with van der Waals surface area (Å²) in [6, 6.07) is 17.1. The fourth-order valence-corrected chi connectivity index (χ4v) is 5.82. The maximum atomic E-state index is 15.1. The summed E-state index contributed by atoms with van der Waals surface area (Å²) in [7, 11) is 0. The van der Waals surface area contributed by atoms with E-state index in [-0.39, 0.29) is 39.6 Å². The molecule has 0 spiro atoms. The largest absolute Gasteiger partial charge is 0.508 e. The van der Waals surface area contributed by atoms with Gasteiger partial charge < -0.3 is 10.0 Å². The normalized spacial score (nSPS) is 13.3. The van der Waals surface area contributed by atoms with Crippen LogP contribution in [0.3, 0.4) is 0 Å². The number of hydrogen-bond acceptors (Lipinski definition) is 6. The van der Waals surface area contributed by atoms with E-state index in [2.05, 4.69) is 38.3 Å². The third-order valence-electron chi connectivity index (χ3n) is 7.00. The number of aromatic amines is 1. The number of aromatic hydroxyl groups is 1. The average Bonchev–Trinajstić information content (AvgIpc) is 3.60. The maximum Gasteiger partial charge on any atom is 0.182 e. The highest BCUT2D eigenvalue weighted by Gasteiger charge is 2.25. The van der Waals surface area contributed by atoms with Crippen LogP contribution in [0.5, 0.6) is 5.75 Å². The summed E-state index contributed by atoms with van der Waals surface area (Å²) in [5.41, 5.74) is 4.94. The Hall–Kier alpha value is -3.74. The lowest BCUT2D eigenvalue weighted by atomic mass is 9.92. The van der Waals surface area contributed by atoms with Crippen molar-refractivity contribution in [3.8, 4) is 44.8 Å². The number of phenolic OH excluding ortho intramolecular Hbond substituents is 1. The Kier molecular flexibility index (Phi) is 7.19. The Labute approximate surface area is 234 Å². The number of benzene rings is 2. The molecule has 2 aromatic carbocycles. The van der Waals surface area contributed by atoms with E-state index in [0.29, 0.717) is 16.8 Å². The fraction of sp³-hybridized carbons (Fsp3) is 0.207. The van der Waals surface area contributed by atoms with Crippen LogP contribution in [0.2, 0.25) is 0 Å². The van der Waals surface area contributed by atoms with Crippen molar-refractivity contribution < 1.29 is 9.50 Å². The Morgan fingerprint density at radius 3 is 2.55 bits per heavy atom. The number of phenols is 1. The molecule has 9 heteroatoms. The van der Waals surface area contributed by atoms with Crippen LogP contribution in [0.1, 0.15) is 30.4 Å². The molecule has 1 saturated heterocycles. The number of nitriles is 1. The monoisotopic (exact) mass is 589 g/mol. The molecular formula is C29H25BrFN5OS. The van der Waals surface area contributed by atoms with Gasteiger partial charge in [-0.15, -0.1) is 28.3 Å². The van der Waals surface area contributed by atoms with Gasteiger partial charge in [-0.3, -0.25) is 5.10 Å². The molecule has 4 heterocycles. The highest BCUT2D eigenvalue weighted by Crippen LogP contribution is 2.42. The molecule has 0 radical (unpaired) electrons. The van der Waals surface area contributed by atoms with Crippen LogP contribution in [0, 0.1) is 24.1 Å². The molecular weight excluding hydrogens is 565 g/mol. The van der Waals surface area contributed by atoms with Gasteiger partial charge >= 0.3 is 0 Å². The van der Waals surface area contributed by atoms with Crippen LogP contribution >= 0.6 is 28.3 Å². The number of fused-ring (bicyclic) bond motifs is 1. The molecule has 3 aromatic heterocycles. The van der Waals surface area contributed by atoms with Gasteiger partial charge in [0.25, 0.3) is 0 Å². The minimum Gasteiger partial charge on any atom is -0.508 e. The summed E-state index contributed by atoms with van der Waals surface area (Å²) in [6.07, 6.45) is 3.63. The molecule has 6 nitrogen and oxygen atoms in total. The SMILES string of the molecule is Br.Cc1cc(-c2nc3n[nH]c(-c4cccs4)c3c(-c3ccc(N4CCCCC4)cc3)c2C#N)c(F)cc1O. The van der Waals surface area contributed by atoms with Crippen molar-refractivity contribution in [2.75, 3.05) is 18.0 Å². The van der Waals surface area contributed by atoms with Gasteiger partial charge in [-0.2, -0.15) is 10.4 Å². The minimum absolute atomic E-state index is 0. The number of nitrogens with one attached hydrogen (secondary N) is 1. The summed E-state index contributed by atoms with van der Waals surface area (Å²) in [5.74, 6) is -0.791. The van der Waals surface area contributed by atoms with Crippen LogP contribution in [0.4, 0.5) is 10.1 Å². The van der Waals surface area contributed by atoms with Crippen molar-refractivity contribution in [2.24, 2.45) is 0 Å². The molecule has 192 valence electrons. The van der Waals surface area contributed by atoms with Crippen molar-refractivity contribution in [1.82, 2.24) is 15.2 Å². The third kappa shape index (κ3) is 4.44. The van der Waals surface area contributed by atoms with E-state index in [1.165, 1.54) is 25.3 Å². The predicted molar refractivity (Wildman–Crippen MR) is 156 cm³/mol. The molecule has 1 fully saturated rings. The number of nitrogens with zero attached hydrogens (tertiary/aromatic N) is 4. The Bertz CT molecular complexity index is 1650. The maximum absolute atomic E-state index is 15.1. The van der Waals surface area contributed by atoms with Crippen molar-refractivity contribution in [3.63, 3.8) is 0 Å². The van der Waals surface area contributed by atoms with Gasteiger partial charge in [0, 0.05) is 36.0 Å². The number of anilines is 1. The Morgan fingerprint density at radius 1 is 1.11 bits per heavy atom. The first-order valence-electron chi connectivity index (χ1n) is 12.3. The van der Waals surface area contributed by atoms with E-state index in [1.807, 2.05) is 29.6 Å². The summed E-state index contributed by atoms with van der Waals surface area (Å²) < 4.78 is 15.1. The number of rotatable bonds is 4. The molecule has 1 aliphatic heterocycles. The molecule has 1 aliphatic rings. The lowest BCUT2D eigenvalue weighted by Crippen LogP contribution is -2.29. The molecule has 0 unspecified atom stereocenters. The molecule has 2 N–H and O–H groups in total. The van der Waals surface area contributed by atoms with Crippen LogP contribution in [-0.2, 0) is 0 Å². The third-order valence-corrected chi connectivity index (χ3v) is 7.89. The zero-order chi connectivity index (χ0) is 25.5. The minimum atomic E-state index is -0.646. The Balaban J connectivity index is 0.00000294. The highest BCUT2D eigenvalue weighted by atomic mass is 79.9. The van der Waals surface area contributed by atoms with Crippen LogP contribution in [0.25, 0.3) is 44.0 Å². The topological polar surface area (TPSA) is 88.8 Å².